The van der Waals surface area contributed by atoms with Crippen molar-refractivity contribution >= 4 is 23.3 Å². The number of nitrogens with zero attached hydrogens (tertiary/aromatic N) is 2. The second-order valence-corrected chi connectivity index (χ2v) is 3.80. The molecule has 0 amide bonds. The number of hydrogen-bond acceptors (Lipinski definition) is 5. The van der Waals surface area contributed by atoms with Crippen molar-refractivity contribution in [3.63, 3.8) is 0 Å². The zero-order chi connectivity index (χ0) is 13.7. The van der Waals surface area contributed by atoms with Crippen molar-refractivity contribution in [3.05, 3.63) is 60.4 Å². The molecule has 2 aromatic rings. The van der Waals surface area contributed by atoms with Crippen LogP contribution in [0.3, 0.4) is 0 Å². The normalized spacial score (nSPS) is 10.6. The maximum absolute atomic E-state index is 8.55. The molecule has 3 N–H and O–H groups in total. The largest absolute Gasteiger partial charge is 0.397 e. The predicted octanol–water partition coefficient (Wildman–Crippen LogP) is 2.87. The number of pyridine rings is 1. The fraction of sp³-hybridized carbons (Fsp3) is 0. The van der Waals surface area contributed by atoms with E-state index in [0.29, 0.717) is 22.6 Å². The summed E-state index contributed by atoms with van der Waals surface area (Å²) < 4.78 is 0. The van der Waals surface area contributed by atoms with E-state index in [2.05, 4.69) is 21.4 Å². The van der Waals surface area contributed by atoms with Crippen LogP contribution >= 0.6 is 0 Å². The van der Waals surface area contributed by atoms with Crippen molar-refractivity contribution in [1.82, 2.24) is 4.98 Å². The van der Waals surface area contributed by atoms with Crippen molar-refractivity contribution in [2.75, 3.05) is 5.73 Å². The molecule has 0 aliphatic rings. The highest BCUT2D eigenvalue weighted by Crippen LogP contribution is 2.20. The first kappa shape index (κ1) is 12.8. The van der Waals surface area contributed by atoms with Crippen LogP contribution in [0.15, 0.2) is 54.2 Å². The fourth-order valence-electron chi connectivity index (χ4n) is 1.49. The van der Waals surface area contributed by atoms with Gasteiger partial charge in [0.15, 0.2) is 5.76 Å². The summed E-state index contributed by atoms with van der Waals surface area (Å²) in [4.78, 5) is 12.5. The summed E-state index contributed by atoms with van der Waals surface area (Å²) >= 11 is 0. The van der Waals surface area contributed by atoms with Gasteiger partial charge in [-0.2, -0.15) is 0 Å². The summed E-state index contributed by atoms with van der Waals surface area (Å²) in [5, 5.41) is 8.55. The van der Waals surface area contributed by atoms with E-state index in [1.807, 2.05) is 18.2 Å². The topological polar surface area (TPSA) is 80.7 Å². The highest BCUT2D eigenvalue weighted by atomic mass is 17.1. The monoisotopic (exact) mass is 255 g/mol. The molecule has 2 rings (SSSR count). The number of benzene rings is 1. The van der Waals surface area contributed by atoms with Crippen molar-refractivity contribution in [3.8, 4) is 0 Å². The van der Waals surface area contributed by atoms with E-state index in [-0.39, 0.29) is 5.76 Å². The molecule has 5 nitrogen and oxygen atoms in total. The standard InChI is InChI=1S/C14H13N3O2/c1-10(19-18)11-6-7-16-12(8-11)9-17-14-5-3-2-4-13(14)15/h2-9,18H,1,15H2/b17-9+. The molecule has 1 aromatic heterocycles. The first-order valence-electron chi connectivity index (χ1n) is 5.56. The van der Waals surface area contributed by atoms with Crippen LogP contribution < -0.4 is 5.73 Å². The Balaban J connectivity index is 2.24. The maximum Gasteiger partial charge on any atom is 0.165 e. The van der Waals surface area contributed by atoms with Gasteiger partial charge in [-0.1, -0.05) is 18.7 Å². The molecule has 96 valence electrons. The maximum atomic E-state index is 8.55. The quantitative estimate of drug-likeness (QED) is 0.289. The van der Waals surface area contributed by atoms with E-state index in [1.165, 1.54) is 0 Å². The minimum Gasteiger partial charge on any atom is -0.397 e. The summed E-state index contributed by atoms with van der Waals surface area (Å²) in [6.07, 6.45) is 3.16. The smallest absolute Gasteiger partial charge is 0.165 e. The molecule has 19 heavy (non-hydrogen) atoms. The van der Waals surface area contributed by atoms with Gasteiger partial charge in [0.05, 0.1) is 23.3 Å². The molecule has 0 aliphatic heterocycles. The number of aromatic nitrogens is 1. The van der Waals surface area contributed by atoms with Gasteiger partial charge in [-0.3, -0.25) is 9.98 Å². The first-order valence-corrected chi connectivity index (χ1v) is 5.56. The average molecular weight is 255 g/mol. The van der Waals surface area contributed by atoms with Crippen LogP contribution in [0.25, 0.3) is 5.76 Å². The summed E-state index contributed by atoms with van der Waals surface area (Å²) in [7, 11) is 0. The Morgan fingerprint density at radius 2 is 2.16 bits per heavy atom. The summed E-state index contributed by atoms with van der Waals surface area (Å²) in [5.41, 5.74) is 8.29. The van der Waals surface area contributed by atoms with Crippen molar-refractivity contribution in [2.24, 2.45) is 4.99 Å². The Kier molecular flexibility index (Phi) is 3.90. The van der Waals surface area contributed by atoms with E-state index in [0.717, 1.165) is 0 Å². The Morgan fingerprint density at radius 1 is 1.37 bits per heavy atom. The molecule has 0 bridgehead atoms. The fourth-order valence-corrected chi connectivity index (χ4v) is 1.49. The van der Waals surface area contributed by atoms with Crippen LogP contribution in [0, 0.1) is 0 Å². The van der Waals surface area contributed by atoms with E-state index >= 15 is 0 Å². The highest BCUT2D eigenvalue weighted by molar-refractivity contribution is 5.82. The van der Waals surface area contributed by atoms with Crippen LogP contribution in [-0.2, 0) is 4.89 Å². The molecule has 0 saturated carbocycles. The van der Waals surface area contributed by atoms with Gasteiger partial charge in [0.2, 0.25) is 0 Å². The molecule has 0 spiro atoms. The number of rotatable bonds is 4. The van der Waals surface area contributed by atoms with Gasteiger partial charge in [-0.15, -0.1) is 0 Å². The lowest BCUT2D eigenvalue weighted by Crippen LogP contribution is -1.92. The highest BCUT2D eigenvalue weighted by Gasteiger charge is 2.01. The number of nitrogen functional groups attached to an aromatic ring is 1. The second-order valence-electron chi connectivity index (χ2n) is 3.80. The van der Waals surface area contributed by atoms with E-state index < -0.39 is 0 Å². The van der Waals surface area contributed by atoms with Crippen molar-refractivity contribution in [2.45, 2.75) is 0 Å². The van der Waals surface area contributed by atoms with Gasteiger partial charge >= 0.3 is 0 Å². The lowest BCUT2D eigenvalue weighted by molar-refractivity contribution is -0.169. The third kappa shape index (κ3) is 3.17. The van der Waals surface area contributed by atoms with E-state index in [4.69, 9.17) is 11.0 Å². The lowest BCUT2D eigenvalue weighted by atomic mass is 10.2. The third-order valence-electron chi connectivity index (χ3n) is 2.49. The van der Waals surface area contributed by atoms with Gasteiger partial charge in [-0.25, -0.2) is 5.26 Å². The predicted molar refractivity (Wildman–Crippen MR) is 75.1 cm³/mol. The second kappa shape index (κ2) is 5.79. The SMILES string of the molecule is C=C(OO)c1ccnc(/C=N/c2ccccc2N)c1. The Hall–Kier alpha value is -2.66. The van der Waals surface area contributed by atoms with Crippen molar-refractivity contribution in [1.29, 1.82) is 0 Å². The minimum atomic E-state index is 0.149. The van der Waals surface area contributed by atoms with E-state index in [9.17, 15) is 0 Å². The van der Waals surface area contributed by atoms with Crippen molar-refractivity contribution < 1.29 is 10.1 Å². The van der Waals surface area contributed by atoms with Crippen LogP contribution in [0.2, 0.25) is 0 Å². The van der Waals surface area contributed by atoms with Crippen LogP contribution in [-0.4, -0.2) is 16.5 Å². The number of hydrogen-bond donors (Lipinski definition) is 2. The molecule has 0 unspecified atom stereocenters. The molecule has 1 aromatic carbocycles. The Morgan fingerprint density at radius 3 is 2.89 bits per heavy atom. The van der Waals surface area contributed by atoms with Gasteiger partial charge in [0.1, 0.15) is 0 Å². The zero-order valence-corrected chi connectivity index (χ0v) is 10.2. The lowest BCUT2D eigenvalue weighted by Gasteiger charge is -2.02. The molecule has 0 fully saturated rings. The number of nitrogens with two attached hydrogens (primary N) is 1. The number of anilines is 1. The summed E-state index contributed by atoms with van der Waals surface area (Å²) in [5.74, 6) is 0.149. The minimum absolute atomic E-state index is 0.149. The molecule has 0 aliphatic carbocycles. The Labute approximate surface area is 110 Å². The molecular weight excluding hydrogens is 242 g/mol. The zero-order valence-electron chi connectivity index (χ0n) is 10.2. The van der Waals surface area contributed by atoms with Gasteiger partial charge in [0, 0.05) is 11.8 Å². The molecule has 0 saturated heterocycles. The average Bonchev–Trinajstić information content (AvgIpc) is 2.46. The van der Waals surface area contributed by atoms with Crippen LogP contribution in [0.1, 0.15) is 11.3 Å². The molecule has 5 heteroatoms. The van der Waals surface area contributed by atoms with E-state index in [1.54, 1.807) is 30.6 Å². The van der Waals surface area contributed by atoms with Gasteiger partial charge in [0.25, 0.3) is 0 Å². The molecule has 1 heterocycles. The van der Waals surface area contributed by atoms with Crippen LogP contribution in [0.5, 0.6) is 0 Å². The summed E-state index contributed by atoms with van der Waals surface area (Å²) in [6.45, 7) is 3.55. The van der Waals surface area contributed by atoms with Crippen LogP contribution in [0.4, 0.5) is 11.4 Å². The van der Waals surface area contributed by atoms with Gasteiger partial charge in [-0.05, 0) is 24.3 Å². The van der Waals surface area contributed by atoms with Gasteiger partial charge < -0.3 is 10.6 Å². The first-order chi connectivity index (χ1) is 9.20. The molecular formula is C14H13N3O2. The molecule has 0 radical (unpaired) electrons. The molecule has 0 atom stereocenters. The summed E-state index contributed by atoms with van der Waals surface area (Å²) in [6, 6.07) is 10.7. The number of aliphatic imine (C=N–C) groups is 1. The third-order valence-corrected chi connectivity index (χ3v) is 2.49. The Bertz CT molecular complexity index is 624. The number of para-hydroxylation sites is 2.